The molecule has 2 saturated carbocycles. The van der Waals surface area contributed by atoms with Crippen LogP contribution < -0.4 is 14.5 Å². The molecule has 0 spiro atoms. The van der Waals surface area contributed by atoms with Crippen LogP contribution in [-0.4, -0.2) is 34.3 Å². The highest BCUT2D eigenvalue weighted by Crippen LogP contribution is 2.68. The molecule has 3 heterocycles. The van der Waals surface area contributed by atoms with Crippen molar-refractivity contribution in [3.05, 3.63) is 68.1 Å². The highest BCUT2D eigenvalue weighted by atomic mass is 32.2. The number of thioether (sulfide) groups is 1. The van der Waals surface area contributed by atoms with Crippen molar-refractivity contribution in [2.45, 2.75) is 29.5 Å². The summed E-state index contributed by atoms with van der Waals surface area (Å²) in [6.45, 7) is 1.98. The maximum absolute atomic E-state index is 13.8. The van der Waals surface area contributed by atoms with Gasteiger partial charge in [0.15, 0.2) is 11.5 Å². The molecule has 7 rings (SSSR count). The molecular formula is C27H24N2O5S2. The van der Waals surface area contributed by atoms with E-state index in [-0.39, 0.29) is 63.2 Å². The lowest BCUT2D eigenvalue weighted by Crippen LogP contribution is -2.42. The number of ether oxygens (including phenoxy) is 1. The molecule has 7 nitrogen and oxygen atoms in total. The highest BCUT2D eigenvalue weighted by Gasteiger charge is 2.69. The van der Waals surface area contributed by atoms with Crippen LogP contribution in [0.4, 0.5) is 5.69 Å². The Labute approximate surface area is 215 Å². The van der Waals surface area contributed by atoms with E-state index in [2.05, 4.69) is 4.98 Å². The summed E-state index contributed by atoms with van der Waals surface area (Å²) >= 11 is 2.88. The molecule has 3 fully saturated rings. The maximum atomic E-state index is 13.8. The molecule has 2 amide bonds. The number of aromatic amines is 1. The molecule has 2 aliphatic heterocycles. The standard InChI is InChI=1S/C27H24N2O5S2/c1-11-3-6-13(7-4-11)29-25(31)20-14-10-15(21(20)26(29)32)22-19(14)18(23-24(35-22)28-27(33)36-23)12-5-8-16(30)17(9-12)34-2/h3-9,14-15,18-22,30H,10H2,1-2H3,(H,28,33)/t14?,15?,18-,19?,20?,21?,22?/m1/s1. The first-order valence-electron chi connectivity index (χ1n) is 12.1. The van der Waals surface area contributed by atoms with E-state index >= 15 is 0 Å². The van der Waals surface area contributed by atoms with E-state index in [9.17, 15) is 19.5 Å². The van der Waals surface area contributed by atoms with E-state index in [1.54, 1.807) is 17.8 Å². The summed E-state index contributed by atoms with van der Waals surface area (Å²) in [5, 5.41) is 11.2. The maximum Gasteiger partial charge on any atom is 0.305 e. The summed E-state index contributed by atoms with van der Waals surface area (Å²) in [6, 6.07) is 12.9. The van der Waals surface area contributed by atoms with E-state index in [1.165, 1.54) is 23.3 Å². The molecular weight excluding hydrogens is 496 g/mol. The van der Waals surface area contributed by atoms with E-state index in [4.69, 9.17) is 4.74 Å². The number of hydrogen-bond acceptors (Lipinski definition) is 7. The molecule has 0 radical (unpaired) electrons. The zero-order chi connectivity index (χ0) is 24.9. The lowest BCUT2D eigenvalue weighted by Gasteiger charge is -2.43. The number of benzene rings is 2. The number of aromatic hydroxyl groups is 1. The highest BCUT2D eigenvalue weighted by molar-refractivity contribution is 8.00. The summed E-state index contributed by atoms with van der Waals surface area (Å²) in [4.78, 5) is 45.1. The summed E-state index contributed by atoms with van der Waals surface area (Å²) in [7, 11) is 1.52. The number of nitrogens with one attached hydrogen (secondary N) is 1. The number of phenolic OH excluding ortho intramolecular Hbond substituents is 1. The molecule has 2 aliphatic carbocycles. The number of anilines is 1. The molecule has 2 aromatic carbocycles. The molecule has 36 heavy (non-hydrogen) atoms. The normalized spacial score (nSPS) is 31.9. The SMILES string of the molecule is COc1cc([C@H]2c3sc(=O)[nH]c3SC3C4CC(C5C(=O)N(c6ccc(C)cc6)C(=O)C45)C32)ccc1O. The van der Waals surface area contributed by atoms with Gasteiger partial charge in [-0.15, -0.1) is 11.8 Å². The number of thiazole rings is 1. The van der Waals surface area contributed by atoms with Crippen LogP contribution in [-0.2, 0) is 9.59 Å². The number of hydrogen-bond donors (Lipinski definition) is 2. The summed E-state index contributed by atoms with van der Waals surface area (Å²) < 4.78 is 5.39. The number of fused-ring (bicyclic) bond motifs is 9. The van der Waals surface area contributed by atoms with Crippen molar-refractivity contribution in [3.8, 4) is 11.5 Å². The second-order valence-electron chi connectivity index (χ2n) is 10.2. The second-order valence-corrected chi connectivity index (χ2v) is 12.4. The fourth-order valence-electron chi connectivity index (χ4n) is 7.23. The van der Waals surface area contributed by atoms with E-state index < -0.39 is 0 Å². The van der Waals surface area contributed by atoms with Gasteiger partial charge in [-0.05, 0) is 60.9 Å². The van der Waals surface area contributed by atoms with Crippen molar-refractivity contribution in [2.75, 3.05) is 12.0 Å². The van der Waals surface area contributed by atoms with Crippen molar-refractivity contribution < 1.29 is 19.4 Å². The predicted octanol–water partition coefficient (Wildman–Crippen LogP) is 4.14. The summed E-state index contributed by atoms with van der Waals surface area (Å²) in [5.74, 6) is -0.313. The minimum Gasteiger partial charge on any atom is -0.504 e. The third-order valence-electron chi connectivity index (χ3n) is 8.58. The quantitative estimate of drug-likeness (QED) is 0.504. The van der Waals surface area contributed by atoms with Gasteiger partial charge in [-0.2, -0.15) is 0 Å². The molecule has 6 unspecified atom stereocenters. The minimum absolute atomic E-state index is 0.0412. The van der Waals surface area contributed by atoms with Crippen molar-refractivity contribution in [2.24, 2.45) is 29.6 Å². The monoisotopic (exact) mass is 520 g/mol. The molecule has 4 aliphatic rings. The van der Waals surface area contributed by atoms with Crippen LogP contribution in [0.15, 0.2) is 52.3 Å². The lowest BCUT2D eigenvalue weighted by molar-refractivity contribution is -0.123. The van der Waals surface area contributed by atoms with Crippen LogP contribution in [0.1, 0.15) is 28.3 Å². The Morgan fingerprint density at radius 2 is 1.75 bits per heavy atom. The average Bonchev–Trinajstić information content (AvgIpc) is 3.59. The van der Waals surface area contributed by atoms with Gasteiger partial charge in [0.2, 0.25) is 11.8 Å². The number of rotatable bonds is 3. The molecule has 2 N–H and O–H groups in total. The Hall–Kier alpha value is -3.04. The summed E-state index contributed by atoms with van der Waals surface area (Å²) in [6.07, 6.45) is 0.835. The third kappa shape index (κ3) is 2.90. The van der Waals surface area contributed by atoms with E-state index in [0.29, 0.717) is 11.4 Å². The van der Waals surface area contributed by atoms with Crippen LogP contribution in [0.3, 0.4) is 0 Å². The van der Waals surface area contributed by atoms with Crippen LogP contribution in [0, 0.1) is 36.5 Å². The molecule has 3 aromatic rings. The van der Waals surface area contributed by atoms with Crippen molar-refractivity contribution >= 4 is 40.6 Å². The number of H-pyrrole nitrogens is 1. The van der Waals surface area contributed by atoms with Gasteiger partial charge in [0.05, 0.1) is 29.7 Å². The number of nitrogens with zero attached hydrogens (tertiary/aromatic N) is 1. The van der Waals surface area contributed by atoms with Crippen molar-refractivity contribution in [1.82, 2.24) is 4.98 Å². The van der Waals surface area contributed by atoms with Crippen LogP contribution in [0.2, 0.25) is 0 Å². The van der Waals surface area contributed by atoms with Crippen LogP contribution >= 0.6 is 23.1 Å². The summed E-state index contributed by atoms with van der Waals surface area (Å²) in [5.41, 5.74) is 2.67. The number of aromatic nitrogens is 1. The number of methoxy groups -OCH3 is 1. The Morgan fingerprint density at radius 3 is 2.47 bits per heavy atom. The average molecular weight is 521 g/mol. The third-order valence-corrected chi connectivity index (χ3v) is 11.2. The smallest absolute Gasteiger partial charge is 0.305 e. The first-order valence-corrected chi connectivity index (χ1v) is 13.8. The van der Waals surface area contributed by atoms with Gasteiger partial charge in [-0.25, -0.2) is 0 Å². The van der Waals surface area contributed by atoms with Gasteiger partial charge < -0.3 is 14.8 Å². The fourth-order valence-corrected chi connectivity index (χ4v) is 10.1. The van der Waals surface area contributed by atoms with E-state index in [1.807, 2.05) is 43.3 Å². The molecule has 1 saturated heterocycles. The Kier molecular flexibility index (Phi) is 4.76. The molecule has 184 valence electrons. The van der Waals surface area contributed by atoms with E-state index in [0.717, 1.165) is 27.5 Å². The lowest BCUT2D eigenvalue weighted by atomic mass is 9.68. The zero-order valence-corrected chi connectivity index (χ0v) is 21.3. The number of phenols is 1. The number of aryl methyl sites for hydroxylation is 1. The van der Waals surface area contributed by atoms with Gasteiger partial charge in [0.1, 0.15) is 0 Å². The minimum atomic E-state index is -0.343. The number of carbonyl (C=O) groups is 2. The second kappa shape index (κ2) is 7.73. The largest absolute Gasteiger partial charge is 0.504 e. The van der Waals surface area contributed by atoms with Gasteiger partial charge in [0, 0.05) is 16.0 Å². The predicted molar refractivity (Wildman–Crippen MR) is 137 cm³/mol. The molecule has 9 heteroatoms. The zero-order valence-electron chi connectivity index (χ0n) is 19.6. The molecule has 7 atom stereocenters. The van der Waals surface area contributed by atoms with Crippen LogP contribution in [0.5, 0.6) is 11.5 Å². The first kappa shape index (κ1) is 22.2. The van der Waals surface area contributed by atoms with Crippen molar-refractivity contribution in [3.63, 3.8) is 0 Å². The Bertz CT molecular complexity index is 1480. The van der Waals surface area contributed by atoms with Crippen LogP contribution in [0.25, 0.3) is 0 Å². The number of imide groups is 1. The molecule has 2 bridgehead atoms. The molecule has 1 aromatic heterocycles. The number of carbonyl (C=O) groups excluding carboxylic acids is 2. The van der Waals surface area contributed by atoms with Gasteiger partial charge in [-0.3, -0.25) is 19.3 Å². The first-order chi connectivity index (χ1) is 17.4. The number of amides is 2. The Morgan fingerprint density at radius 1 is 1.03 bits per heavy atom. The van der Waals surface area contributed by atoms with Crippen molar-refractivity contribution in [1.29, 1.82) is 0 Å². The fraction of sp³-hybridized carbons (Fsp3) is 0.370. The topological polar surface area (TPSA) is 99.7 Å². The van der Waals surface area contributed by atoms with Gasteiger partial charge in [-0.1, -0.05) is 35.1 Å². The Balaban J connectivity index is 1.33. The van der Waals surface area contributed by atoms with Gasteiger partial charge in [0.25, 0.3) is 0 Å². The van der Waals surface area contributed by atoms with Gasteiger partial charge >= 0.3 is 4.87 Å².